The fourth-order valence-electron chi connectivity index (χ4n) is 1.36. The van der Waals surface area contributed by atoms with Crippen molar-refractivity contribution in [2.45, 2.75) is 20.3 Å². The van der Waals surface area contributed by atoms with E-state index >= 15 is 0 Å². The summed E-state index contributed by atoms with van der Waals surface area (Å²) < 4.78 is 1.65. The van der Waals surface area contributed by atoms with Crippen molar-refractivity contribution in [3.05, 3.63) is 29.2 Å². The molecule has 4 heteroatoms. The molecular weight excluding hydrogens is 178 g/mol. The van der Waals surface area contributed by atoms with Crippen LogP contribution in [0.25, 0.3) is 5.65 Å². The van der Waals surface area contributed by atoms with Gasteiger partial charge in [-0.05, 0) is 18.6 Å². The van der Waals surface area contributed by atoms with Gasteiger partial charge in [0.25, 0.3) is 0 Å². The summed E-state index contributed by atoms with van der Waals surface area (Å²) in [6, 6.07) is 1.87. The number of rotatable bonds is 2. The highest BCUT2D eigenvalue weighted by Crippen LogP contribution is 2.09. The molecule has 0 fully saturated rings. The minimum atomic E-state index is 0.657. The third-order valence-corrected chi connectivity index (χ3v) is 2.21. The summed E-state index contributed by atoms with van der Waals surface area (Å²) >= 11 is 0. The van der Waals surface area contributed by atoms with Crippen LogP contribution < -0.4 is 0 Å². The number of hydrogen-bond donors (Lipinski definition) is 0. The fourth-order valence-corrected chi connectivity index (χ4v) is 1.36. The molecule has 0 aliphatic heterocycles. The van der Waals surface area contributed by atoms with E-state index in [-0.39, 0.29) is 0 Å². The first-order valence-electron chi connectivity index (χ1n) is 4.55. The molecule has 0 aliphatic carbocycles. The summed E-state index contributed by atoms with van der Waals surface area (Å²) in [5.41, 5.74) is 2.39. The smallest absolute Gasteiger partial charge is 0.155 e. The molecule has 2 aromatic heterocycles. The fraction of sp³-hybridized carbons (Fsp3) is 0.300. The molecule has 0 aromatic carbocycles. The first-order valence-corrected chi connectivity index (χ1v) is 4.55. The highest BCUT2D eigenvalue weighted by Gasteiger charge is 2.04. The van der Waals surface area contributed by atoms with Crippen LogP contribution in [0.1, 0.15) is 28.7 Å². The Kier molecular flexibility index (Phi) is 2.04. The van der Waals surface area contributed by atoms with Gasteiger partial charge in [0.2, 0.25) is 0 Å². The Labute approximate surface area is 81.6 Å². The molecule has 0 spiro atoms. The second-order valence-electron chi connectivity index (χ2n) is 3.21. The molecule has 0 atom stereocenters. The summed E-state index contributed by atoms with van der Waals surface area (Å²) in [4.78, 5) is 15.0. The lowest BCUT2D eigenvalue weighted by Crippen LogP contribution is -1.94. The van der Waals surface area contributed by atoms with Crippen LogP contribution in [0.4, 0.5) is 0 Å². The van der Waals surface area contributed by atoms with E-state index in [1.165, 1.54) is 0 Å². The first-order chi connectivity index (χ1) is 6.74. The molecule has 0 bridgehead atoms. The molecule has 0 aliphatic rings. The zero-order valence-electron chi connectivity index (χ0n) is 8.19. The van der Waals surface area contributed by atoms with Gasteiger partial charge in [0.15, 0.2) is 17.8 Å². The Bertz CT molecular complexity index is 487. The van der Waals surface area contributed by atoms with Crippen LogP contribution in [0.5, 0.6) is 0 Å². The van der Waals surface area contributed by atoms with Gasteiger partial charge in [-0.3, -0.25) is 4.79 Å². The van der Waals surface area contributed by atoms with E-state index < -0.39 is 0 Å². The highest BCUT2D eigenvalue weighted by atomic mass is 16.1. The van der Waals surface area contributed by atoms with Crippen molar-refractivity contribution in [3.63, 3.8) is 0 Å². The van der Waals surface area contributed by atoms with E-state index in [0.29, 0.717) is 5.56 Å². The maximum atomic E-state index is 10.7. The van der Waals surface area contributed by atoms with Crippen LogP contribution >= 0.6 is 0 Å². The zero-order chi connectivity index (χ0) is 10.1. The van der Waals surface area contributed by atoms with Crippen molar-refractivity contribution in [1.82, 2.24) is 14.6 Å². The van der Waals surface area contributed by atoms with Gasteiger partial charge in [0.1, 0.15) is 0 Å². The number of aryl methyl sites for hydroxylation is 2. The quantitative estimate of drug-likeness (QED) is 0.671. The van der Waals surface area contributed by atoms with Gasteiger partial charge in [-0.25, -0.2) is 9.50 Å². The van der Waals surface area contributed by atoms with E-state index in [2.05, 4.69) is 10.1 Å². The monoisotopic (exact) mass is 189 g/mol. The first kappa shape index (κ1) is 8.87. The summed E-state index contributed by atoms with van der Waals surface area (Å²) in [5, 5.41) is 4.23. The summed E-state index contributed by atoms with van der Waals surface area (Å²) in [6.07, 6.45) is 3.35. The lowest BCUT2D eigenvalue weighted by atomic mass is 10.2. The Balaban J connectivity index is 2.69. The molecule has 0 radical (unpaired) electrons. The van der Waals surface area contributed by atoms with Crippen LogP contribution in [0.15, 0.2) is 12.3 Å². The van der Waals surface area contributed by atoms with E-state index in [4.69, 9.17) is 0 Å². The predicted octanol–water partition coefficient (Wildman–Crippen LogP) is 1.41. The van der Waals surface area contributed by atoms with E-state index in [0.717, 1.165) is 29.7 Å². The van der Waals surface area contributed by atoms with Gasteiger partial charge in [-0.1, -0.05) is 6.92 Å². The largest absolute Gasteiger partial charge is 0.298 e. The van der Waals surface area contributed by atoms with Crippen molar-refractivity contribution < 1.29 is 4.79 Å². The maximum absolute atomic E-state index is 10.7. The third-order valence-electron chi connectivity index (χ3n) is 2.21. The van der Waals surface area contributed by atoms with E-state index in [9.17, 15) is 4.79 Å². The normalized spacial score (nSPS) is 10.7. The Morgan fingerprint density at radius 3 is 3.00 bits per heavy atom. The summed E-state index contributed by atoms with van der Waals surface area (Å²) in [5.74, 6) is 0.799. The molecule has 2 aromatic rings. The van der Waals surface area contributed by atoms with E-state index in [1.54, 1.807) is 10.7 Å². The summed E-state index contributed by atoms with van der Waals surface area (Å²) in [6.45, 7) is 3.90. The average molecular weight is 189 g/mol. The zero-order valence-corrected chi connectivity index (χ0v) is 8.19. The van der Waals surface area contributed by atoms with Gasteiger partial charge in [0, 0.05) is 18.2 Å². The van der Waals surface area contributed by atoms with Crippen LogP contribution in [-0.4, -0.2) is 20.9 Å². The van der Waals surface area contributed by atoms with Crippen molar-refractivity contribution in [2.24, 2.45) is 0 Å². The van der Waals surface area contributed by atoms with Crippen LogP contribution in [0.3, 0.4) is 0 Å². The van der Waals surface area contributed by atoms with Crippen molar-refractivity contribution in [2.75, 3.05) is 0 Å². The van der Waals surface area contributed by atoms with Crippen molar-refractivity contribution in [1.29, 1.82) is 0 Å². The molecule has 14 heavy (non-hydrogen) atoms. The minimum Gasteiger partial charge on any atom is -0.298 e. The summed E-state index contributed by atoms with van der Waals surface area (Å²) in [7, 11) is 0. The van der Waals surface area contributed by atoms with Crippen molar-refractivity contribution in [3.8, 4) is 0 Å². The van der Waals surface area contributed by atoms with Crippen molar-refractivity contribution >= 4 is 11.9 Å². The van der Waals surface area contributed by atoms with E-state index in [1.807, 2.05) is 19.9 Å². The number of aromatic nitrogens is 3. The number of carbonyl (C=O) groups is 1. The molecule has 0 unspecified atom stereocenters. The Morgan fingerprint density at radius 1 is 1.57 bits per heavy atom. The Morgan fingerprint density at radius 2 is 2.36 bits per heavy atom. The number of pyridine rings is 1. The van der Waals surface area contributed by atoms with Crippen LogP contribution in [-0.2, 0) is 6.42 Å². The molecule has 0 saturated carbocycles. The predicted molar refractivity (Wildman–Crippen MR) is 52.5 cm³/mol. The maximum Gasteiger partial charge on any atom is 0.155 e. The molecule has 0 saturated heterocycles. The van der Waals surface area contributed by atoms with Gasteiger partial charge in [-0.15, -0.1) is 0 Å². The number of fused-ring (bicyclic) bond motifs is 1. The highest BCUT2D eigenvalue weighted by molar-refractivity contribution is 5.77. The van der Waals surface area contributed by atoms with Gasteiger partial charge < -0.3 is 0 Å². The average Bonchev–Trinajstić information content (AvgIpc) is 2.58. The Hall–Kier alpha value is -1.71. The molecule has 72 valence electrons. The second kappa shape index (κ2) is 3.21. The van der Waals surface area contributed by atoms with Gasteiger partial charge >= 0.3 is 0 Å². The van der Waals surface area contributed by atoms with Crippen LogP contribution in [0, 0.1) is 6.92 Å². The molecular formula is C10H11N3O. The van der Waals surface area contributed by atoms with Crippen LogP contribution in [0.2, 0.25) is 0 Å². The number of carbonyl (C=O) groups excluding carboxylic acids is 1. The SMILES string of the molecule is CCc1nc2cc(C)c(C=O)cn2n1. The number of hydrogen-bond acceptors (Lipinski definition) is 3. The minimum absolute atomic E-state index is 0.657. The molecule has 2 rings (SSSR count). The topological polar surface area (TPSA) is 47.3 Å². The molecule has 2 heterocycles. The third kappa shape index (κ3) is 1.28. The molecule has 4 nitrogen and oxygen atoms in total. The number of aldehydes is 1. The number of nitrogens with zero attached hydrogens (tertiary/aromatic N) is 3. The molecule has 0 amide bonds. The van der Waals surface area contributed by atoms with Gasteiger partial charge in [-0.2, -0.15) is 5.10 Å². The molecule has 0 N–H and O–H groups in total. The lowest BCUT2D eigenvalue weighted by molar-refractivity contribution is 0.112. The lowest BCUT2D eigenvalue weighted by Gasteiger charge is -1.97. The van der Waals surface area contributed by atoms with Gasteiger partial charge in [0.05, 0.1) is 0 Å². The standard InChI is InChI=1S/C10H11N3O/c1-3-9-11-10-4-7(2)8(6-14)5-13(10)12-9/h4-6H,3H2,1-2H3. The second-order valence-corrected chi connectivity index (χ2v) is 3.21.